The van der Waals surface area contributed by atoms with Gasteiger partial charge in [0.05, 0.1) is 36.5 Å². The standard InChI is InChI=1S/C25H22N4O3/c1-31-17-12-16(13-18(14-17)32-2)29-22(15-8-4-3-5-9-15)23(30)21(24(29)26)25-27-19-10-6-7-11-20(19)28-25/h3-14,22,26,30H,1-2H3,(H,27,28)/t22-/m1/s1. The van der Waals surface area contributed by atoms with E-state index in [-0.39, 0.29) is 11.6 Å². The SMILES string of the molecule is COc1cc(OC)cc(N2C(=N)C(c3nc4ccccc4[nH]3)=C(O)[C@H]2c2ccccc2)c1. The van der Waals surface area contributed by atoms with Gasteiger partial charge in [0.15, 0.2) is 0 Å². The summed E-state index contributed by atoms with van der Waals surface area (Å²) in [6.07, 6.45) is 0. The predicted molar refractivity (Wildman–Crippen MR) is 125 cm³/mol. The molecule has 0 radical (unpaired) electrons. The number of hydrogen-bond acceptors (Lipinski definition) is 5. The topological polar surface area (TPSA) is 94.5 Å². The molecule has 1 aliphatic heterocycles. The number of aliphatic hydroxyl groups excluding tert-OH is 1. The lowest BCUT2D eigenvalue weighted by Crippen LogP contribution is -2.29. The normalized spacial score (nSPS) is 16.1. The van der Waals surface area contributed by atoms with Gasteiger partial charge >= 0.3 is 0 Å². The Morgan fingerprint density at radius 3 is 2.25 bits per heavy atom. The van der Waals surface area contributed by atoms with Crippen LogP contribution in [0.25, 0.3) is 16.6 Å². The van der Waals surface area contributed by atoms with Gasteiger partial charge in [-0.3, -0.25) is 5.41 Å². The van der Waals surface area contributed by atoms with Crippen LogP contribution in [0, 0.1) is 5.41 Å². The van der Waals surface area contributed by atoms with Crippen molar-refractivity contribution in [3.05, 3.63) is 89.9 Å². The van der Waals surface area contributed by atoms with Gasteiger partial charge in [0.1, 0.15) is 35.0 Å². The maximum Gasteiger partial charge on any atom is 0.145 e. The Morgan fingerprint density at radius 1 is 0.938 bits per heavy atom. The Bertz CT molecular complexity index is 1290. The molecule has 3 aromatic carbocycles. The summed E-state index contributed by atoms with van der Waals surface area (Å²) in [7, 11) is 3.16. The highest BCUT2D eigenvalue weighted by Crippen LogP contribution is 2.44. The lowest BCUT2D eigenvalue weighted by molar-refractivity contribution is 0.378. The summed E-state index contributed by atoms with van der Waals surface area (Å²) in [5.74, 6) is 1.83. The van der Waals surface area contributed by atoms with E-state index in [0.717, 1.165) is 16.6 Å². The Morgan fingerprint density at radius 2 is 1.59 bits per heavy atom. The summed E-state index contributed by atoms with van der Waals surface area (Å²) in [4.78, 5) is 9.63. The zero-order valence-electron chi connectivity index (χ0n) is 17.7. The smallest absolute Gasteiger partial charge is 0.145 e. The van der Waals surface area contributed by atoms with Crippen LogP contribution in [-0.2, 0) is 0 Å². The molecule has 3 N–H and O–H groups in total. The molecule has 0 amide bonds. The number of aromatic amines is 1. The van der Waals surface area contributed by atoms with E-state index >= 15 is 0 Å². The van der Waals surface area contributed by atoms with E-state index in [1.807, 2.05) is 66.7 Å². The van der Waals surface area contributed by atoms with Crippen LogP contribution in [0.3, 0.4) is 0 Å². The van der Waals surface area contributed by atoms with Gasteiger partial charge in [-0.15, -0.1) is 0 Å². The Balaban J connectivity index is 1.70. The number of nitrogens with one attached hydrogen (secondary N) is 2. The van der Waals surface area contributed by atoms with E-state index in [9.17, 15) is 5.11 Å². The summed E-state index contributed by atoms with van der Waals surface area (Å²) in [5.41, 5.74) is 3.49. The third-order valence-electron chi connectivity index (χ3n) is 5.61. The molecule has 0 bridgehead atoms. The fourth-order valence-electron chi connectivity index (χ4n) is 4.09. The van der Waals surface area contributed by atoms with Gasteiger partial charge in [0, 0.05) is 18.2 Å². The number of amidine groups is 1. The van der Waals surface area contributed by atoms with Crippen molar-refractivity contribution in [2.24, 2.45) is 0 Å². The van der Waals surface area contributed by atoms with E-state index in [2.05, 4.69) is 9.97 Å². The minimum Gasteiger partial charge on any atom is -0.509 e. The van der Waals surface area contributed by atoms with Gasteiger partial charge in [-0.05, 0) is 17.7 Å². The number of hydrogen-bond donors (Lipinski definition) is 3. The molecule has 0 unspecified atom stereocenters. The molecule has 1 atom stereocenters. The Kier molecular flexibility index (Phi) is 4.78. The number of benzene rings is 3. The van der Waals surface area contributed by atoms with Crippen LogP contribution < -0.4 is 14.4 Å². The first-order valence-electron chi connectivity index (χ1n) is 10.1. The van der Waals surface area contributed by atoms with Gasteiger partial charge in [0.25, 0.3) is 0 Å². The molecule has 1 aliphatic rings. The largest absolute Gasteiger partial charge is 0.509 e. The highest BCUT2D eigenvalue weighted by Gasteiger charge is 2.41. The molecule has 160 valence electrons. The van der Waals surface area contributed by atoms with Crippen LogP contribution in [0.15, 0.2) is 78.6 Å². The monoisotopic (exact) mass is 426 g/mol. The van der Waals surface area contributed by atoms with Gasteiger partial charge in [-0.1, -0.05) is 42.5 Å². The number of ether oxygens (including phenoxy) is 2. The lowest BCUT2D eigenvalue weighted by atomic mass is 10.0. The van der Waals surface area contributed by atoms with E-state index in [1.54, 1.807) is 25.2 Å². The number of rotatable bonds is 5. The van der Waals surface area contributed by atoms with Gasteiger partial charge in [0.2, 0.25) is 0 Å². The number of imidazole rings is 1. The fourth-order valence-corrected chi connectivity index (χ4v) is 4.09. The molecule has 0 saturated carbocycles. The molecule has 4 aromatic rings. The van der Waals surface area contributed by atoms with Crippen molar-refractivity contribution < 1.29 is 14.6 Å². The number of para-hydroxylation sites is 2. The van der Waals surface area contributed by atoms with Crippen molar-refractivity contribution in [3.8, 4) is 11.5 Å². The van der Waals surface area contributed by atoms with Crippen molar-refractivity contribution in [2.45, 2.75) is 6.04 Å². The first kappa shape index (κ1) is 19.7. The van der Waals surface area contributed by atoms with Crippen LogP contribution in [0.2, 0.25) is 0 Å². The van der Waals surface area contributed by atoms with Crippen LogP contribution in [0.5, 0.6) is 11.5 Å². The molecule has 5 rings (SSSR count). The van der Waals surface area contributed by atoms with Crippen LogP contribution >= 0.6 is 0 Å². The minimum atomic E-state index is -0.594. The van der Waals surface area contributed by atoms with Crippen LogP contribution in [0.1, 0.15) is 17.4 Å². The van der Waals surface area contributed by atoms with Gasteiger partial charge < -0.3 is 24.5 Å². The highest BCUT2D eigenvalue weighted by molar-refractivity contribution is 6.31. The molecule has 7 nitrogen and oxygen atoms in total. The first-order valence-corrected chi connectivity index (χ1v) is 10.1. The summed E-state index contributed by atoms with van der Waals surface area (Å²) in [6, 6.07) is 22.1. The van der Waals surface area contributed by atoms with Crippen molar-refractivity contribution >= 4 is 28.1 Å². The van der Waals surface area contributed by atoms with Crippen molar-refractivity contribution in [2.75, 3.05) is 19.1 Å². The minimum absolute atomic E-state index is 0.0574. The van der Waals surface area contributed by atoms with Gasteiger partial charge in [-0.25, -0.2) is 4.98 Å². The molecule has 0 spiro atoms. The second-order valence-electron chi connectivity index (χ2n) is 7.47. The summed E-state index contributed by atoms with van der Waals surface area (Å²) >= 11 is 0. The molecule has 2 heterocycles. The molecular formula is C25H22N4O3. The van der Waals surface area contributed by atoms with Crippen molar-refractivity contribution in [1.29, 1.82) is 5.41 Å². The fraction of sp³-hybridized carbons (Fsp3) is 0.120. The summed E-state index contributed by atoms with van der Waals surface area (Å²) in [6.45, 7) is 0. The number of anilines is 1. The zero-order valence-corrected chi connectivity index (χ0v) is 17.7. The summed E-state index contributed by atoms with van der Waals surface area (Å²) in [5, 5.41) is 20.5. The molecule has 0 fully saturated rings. The van der Waals surface area contributed by atoms with Gasteiger partial charge in [-0.2, -0.15) is 0 Å². The van der Waals surface area contributed by atoms with E-state index in [4.69, 9.17) is 14.9 Å². The number of aliphatic hydroxyl groups is 1. The lowest BCUT2D eigenvalue weighted by Gasteiger charge is -2.28. The number of methoxy groups -OCH3 is 2. The maximum atomic E-state index is 11.4. The average molecular weight is 426 g/mol. The quantitative estimate of drug-likeness (QED) is 0.413. The van der Waals surface area contributed by atoms with Crippen LogP contribution in [0.4, 0.5) is 5.69 Å². The number of nitrogens with zero attached hydrogens (tertiary/aromatic N) is 2. The third-order valence-corrected chi connectivity index (χ3v) is 5.61. The summed E-state index contributed by atoms with van der Waals surface area (Å²) < 4.78 is 10.9. The molecular weight excluding hydrogens is 404 g/mol. The Labute approximate surface area is 185 Å². The van der Waals surface area contributed by atoms with E-state index in [0.29, 0.717) is 28.6 Å². The average Bonchev–Trinajstić information content (AvgIpc) is 3.36. The van der Waals surface area contributed by atoms with Crippen molar-refractivity contribution in [1.82, 2.24) is 9.97 Å². The van der Waals surface area contributed by atoms with E-state index in [1.165, 1.54) is 0 Å². The predicted octanol–water partition coefficient (Wildman–Crippen LogP) is 5.09. The number of aromatic nitrogens is 2. The maximum absolute atomic E-state index is 11.4. The third kappa shape index (κ3) is 3.15. The molecule has 32 heavy (non-hydrogen) atoms. The first-order chi connectivity index (χ1) is 15.6. The Hall–Kier alpha value is -4.26. The second kappa shape index (κ2) is 7.77. The molecule has 1 aromatic heterocycles. The number of H-pyrrole nitrogens is 1. The number of fused-ring (bicyclic) bond motifs is 1. The molecule has 0 aliphatic carbocycles. The molecule has 7 heteroatoms. The highest BCUT2D eigenvalue weighted by atomic mass is 16.5. The van der Waals surface area contributed by atoms with Crippen LogP contribution in [-0.4, -0.2) is 35.1 Å². The second-order valence-corrected chi connectivity index (χ2v) is 7.47. The zero-order chi connectivity index (χ0) is 22.2. The molecule has 0 saturated heterocycles. The van der Waals surface area contributed by atoms with Crippen molar-refractivity contribution in [3.63, 3.8) is 0 Å². The van der Waals surface area contributed by atoms with E-state index < -0.39 is 6.04 Å².